The Morgan fingerprint density at radius 3 is 2.21 bits per heavy atom. The Labute approximate surface area is 253 Å². The van der Waals surface area contributed by atoms with Gasteiger partial charge in [-0.2, -0.15) is 0 Å². The summed E-state index contributed by atoms with van der Waals surface area (Å²) in [5.74, 6) is -0.855. The molecule has 0 spiro atoms. The van der Waals surface area contributed by atoms with E-state index in [1.807, 2.05) is 37.3 Å². The van der Waals surface area contributed by atoms with Gasteiger partial charge in [-0.3, -0.25) is 13.9 Å². The van der Waals surface area contributed by atoms with E-state index in [0.717, 1.165) is 26.1 Å². The van der Waals surface area contributed by atoms with Gasteiger partial charge in [-0.1, -0.05) is 66.5 Å². The third-order valence-corrected chi connectivity index (χ3v) is 8.55. The van der Waals surface area contributed by atoms with Crippen LogP contribution in [0.25, 0.3) is 0 Å². The molecule has 39 heavy (non-hydrogen) atoms. The van der Waals surface area contributed by atoms with E-state index in [1.165, 1.54) is 4.90 Å². The van der Waals surface area contributed by atoms with Crippen molar-refractivity contribution in [2.45, 2.75) is 32.4 Å². The molecule has 0 bridgehead atoms. The number of sulfonamides is 1. The number of nitrogens with one attached hydrogen (secondary N) is 1. The molecule has 2 amide bonds. The fourth-order valence-corrected chi connectivity index (χ4v) is 5.51. The van der Waals surface area contributed by atoms with Crippen LogP contribution in [0, 0.1) is 3.57 Å². The number of hydrogen-bond acceptors (Lipinski definition) is 4. The van der Waals surface area contributed by atoms with Crippen LogP contribution < -0.4 is 9.62 Å². The van der Waals surface area contributed by atoms with Gasteiger partial charge in [-0.15, -0.1) is 0 Å². The zero-order valence-corrected chi connectivity index (χ0v) is 26.1. The second kappa shape index (κ2) is 14.3. The normalized spacial score (nSPS) is 12.0. The summed E-state index contributed by atoms with van der Waals surface area (Å²) in [6, 6.07) is 20.3. The van der Waals surface area contributed by atoms with Gasteiger partial charge in [0.25, 0.3) is 0 Å². The van der Waals surface area contributed by atoms with E-state index in [9.17, 15) is 18.0 Å². The predicted molar refractivity (Wildman–Crippen MR) is 166 cm³/mol. The molecule has 0 unspecified atom stereocenters. The molecule has 0 aliphatic heterocycles. The average Bonchev–Trinajstić information content (AvgIpc) is 2.90. The van der Waals surface area contributed by atoms with Crippen LogP contribution in [0.4, 0.5) is 5.69 Å². The third-order valence-electron chi connectivity index (χ3n) is 5.95. The summed E-state index contributed by atoms with van der Waals surface area (Å²) < 4.78 is 27.6. The maximum Gasteiger partial charge on any atom is 0.244 e. The minimum atomic E-state index is -3.82. The number of carbonyl (C=O) groups is 2. The number of carbonyl (C=O) groups excluding carboxylic acids is 2. The summed E-state index contributed by atoms with van der Waals surface area (Å²) in [6.07, 6.45) is 2.02. The molecular weight excluding hydrogens is 672 g/mol. The van der Waals surface area contributed by atoms with Crippen LogP contribution >= 0.6 is 45.8 Å². The zero-order chi connectivity index (χ0) is 28.6. The van der Waals surface area contributed by atoms with Crippen molar-refractivity contribution in [3.05, 3.63) is 97.5 Å². The zero-order valence-electron chi connectivity index (χ0n) is 21.6. The molecule has 1 N–H and O–H groups in total. The first-order chi connectivity index (χ1) is 18.5. The molecule has 3 rings (SSSR count). The lowest BCUT2D eigenvalue weighted by Gasteiger charge is -2.33. The van der Waals surface area contributed by atoms with Crippen molar-refractivity contribution in [3.8, 4) is 0 Å². The first-order valence-corrected chi connectivity index (χ1v) is 16.0. The number of amides is 2. The van der Waals surface area contributed by atoms with E-state index in [2.05, 4.69) is 27.9 Å². The smallest absolute Gasteiger partial charge is 0.244 e. The molecule has 11 heteroatoms. The molecule has 0 radical (unpaired) electrons. The summed E-state index contributed by atoms with van der Waals surface area (Å²) in [6.45, 7) is 1.93. The molecule has 1 atom stereocenters. The van der Waals surface area contributed by atoms with Gasteiger partial charge in [-0.25, -0.2) is 8.42 Å². The molecule has 0 heterocycles. The number of rotatable bonds is 12. The SMILES string of the molecule is CCCNC(=O)[C@H](Cc1ccccc1)N(Cc1ccc(Cl)c(Cl)c1)C(=O)CN(c1ccc(I)cc1)S(C)(=O)=O. The van der Waals surface area contributed by atoms with Crippen molar-refractivity contribution in [3.63, 3.8) is 0 Å². The number of benzene rings is 3. The van der Waals surface area contributed by atoms with Crippen LogP contribution in [-0.4, -0.2) is 50.5 Å². The van der Waals surface area contributed by atoms with Crippen molar-refractivity contribution < 1.29 is 18.0 Å². The van der Waals surface area contributed by atoms with Crippen molar-refractivity contribution >= 4 is 73.3 Å². The van der Waals surface area contributed by atoms with Crippen molar-refractivity contribution in [2.24, 2.45) is 0 Å². The largest absolute Gasteiger partial charge is 0.354 e. The second-order valence-electron chi connectivity index (χ2n) is 9.01. The minimum absolute atomic E-state index is 0.0249. The quantitative estimate of drug-likeness (QED) is 0.252. The topological polar surface area (TPSA) is 86.8 Å². The average molecular weight is 702 g/mol. The van der Waals surface area contributed by atoms with Crippen LogP contribution in [0.5, 0.6) is 0 Å². The highest BCUT2D eigenvalue weighted by Crippen LogP contribution is 2.25. The Balaban J connectivity index is 2.05. The summed E-state index contributed by atoms with van der Waals surface area (Å²) in [4.78, 5) is 28.9. The molecule has 0 aliphatic carbocycles. The number of anilines is 1. The number of halogens is 3. The van der Waals surface area contributed by atoms with Crippen LogP contribution in [0.15, 0.2) is 72.8 Å². The monoisotopic (exact) mass is 701 g/mol. The maximum atomic E-state index is 14.0. The van der Waals surface area contributed by atoms with Gasteiger partial charge in [0.05, 0.1) is 22.0 Å². The summed E-state index contributed by atoms with van der Waals surface area (Å²) >= 11 is 14.5. The maximum absolute atomic E-state index is 14.0. The molecule has 0 aromatic heterocycles. The van der Waals surface area contributed by atoms with Gasteiger partial charge in [0.15, 0.2) is 0 Å². The first kappa shape index (κ1) is 31.2. The Bertz CT molecular complexity index is 1390. The minimum Gasteiger partial charge on any atom is -0.354 e. The summed E-state index contributed by atoms with van der Waals surface area (Å²) in [5, 5.41) is 3.58. The highest BCUT2D eigenvalue weighted by molar-refractivity contribution is 14.1. The third kappa shape index (κ3) is 9.09. The Morgan fingerprint density at radius 1 is 0.949 bits per heavy atom. The predicted octanol–water partition coefficient (Wildman–Crippen LogP) is 5.53. The molecule has 0 fully saturated rings. The number of nitrogens with zero attached hydrogens (tertiary/aromatic N) is 2. The highest BCUT2D eigenvalue weighted by atomic mass is 127. The van der Waals surface area contributed by atoms with Crippen LogP contribution in [0.2, 0.25) is 10.0 Å². The molecule has 0 saturated carbocycles. The van der Waals surface area contributed by atoms with Gasteiger partial charge in [-0.05, 0) is 76.5 Å². The van der Waals surface area contributed by atoms with Gasteiger partial charge in [0, 0.05) is 23.1 Å². The van der Waals surface area contributed by atoms with Crippen molar-refractivity contribution in [1.29, 1.82) is 0 Å². The second-order valence-corrected chi connectivity index (χ2v) is 13.0. The van der Waals surface area contributed by atoms with E-state index in [1.54, 1.807) is 42.5 Å². The molecule has 0 saturated heterocycles. The standard InChI is InChI=1S/C28H30Cl2IN3O4S/c1-3-15-32-28(36)26(17-20-7-5-4-6-8-20)33(18-21-9-14-24(29)25(30)16-21)27(35)19-34(39(2,37)38)23-12-10-22(31)11-13-23/h4-14,16,26H,3,15,17-19H2,1-2H3,(H,32,36)/t26-/m0/s1. The van der Waals surface area contributed by atoms with Crippen LogP contribution in [-0.2, 0) is 32.6 Å². The van der Waals surface area contributed by atoms with E-state index < -0.39 is 28.5 Å². The Hall–Kier alpha value is -2.34. The lowest BCUT2D eigenvalue weighted by atomic mass is 10.0. The van der Waals surface area contributed by atoms with E-state index in [0.29, 0.717) is 27.8 Å². The molecular formula is C28H30Cl2IN3O4S. The van der Waals surface area contributed by atoms with E-state index >= 15 is 0 Å². The van der Waals surface area contributed by atoms with Crippen molar-refractivity contribution in [2.75, 3.05) is 23.7 Å². The lowest BCUT2D eigenvalue weighted by molar-refractivity contribution is -0.140. The molecule has 0 aliphatic rings. The highest BCUT2D eigenvalue weighted by Gasteiger charge is 2.33. The lowest BCUT2D eigenvalue weighted by Crippen LogP contribution is -2.53. The first-order valence-electron chi connectivity index (χ1n) is 12.3. The fraction of sp³-hybridized carbons (Fsp3) is 0.286. The van der Waals surface area contributed by atoms with Crippen molar-refractivity contribution in [1.82, 2.24) is 10.2 Å². The van der Waals surface area contributed by atoms with Gasteiger partial charge < -0.3 is 10.2 Å². The molecule has 3 aromatic carbocycles. The van der Waals surface area contributed by atoms with E-state index in [4.69, 9.17) is 23.2 Å². The number of hydrogen-bond donors (Lipinski definition) is 1. The summed E-state index contributed by atoms with van der Waals surface area (Å²) in [5.41, 5.74) is 1.87. The van der Waals surface area contributed by atoms with Gasteiger partial charge in [0.1, 0.15) is 12.6 Å². The Morgan fingerprint density at radius 2 is 1.62 bits per heavy atom. The fourth-order valence-electron chi connectivity index (χ4n) is 3.98. The molecule has 7 nitrogen and oxygen atoms in total. The van der Waals surface area contributed by atoms with Crippen LogP contribution in [0.1, 0.15) is 24.5 Å². The van der Waals surface area contributed by atoms with Gasteiger partial charge >= 0.3 is 0 Å². The van der Waals surface area contributed by atoms with E-state index in [-0.39, 0.29) is 18.9 Å². The molecule has 208 valence electrons. The molecule has 3 aromatic rings. The van der Waals surface area contributed by atoms with Crippen LogP contribution in [0.3, 0.4) is 0 Å². The van der Waals surface area contributed by atoms with Gasteiger partial charge in [0.2, 0.25) is 21.8 Å². The Kier molecular flexibility index (Phi) is 11.5. The summed E-state index contributed by atoms with van der Waals surface area (Å²) in [7, 11) is -3.82.